The molecule has 0 N–H and O–H groups in total. The normalized spacial score (nSPS) is 21.0. The van der Waals surface area contributed by atoms with Crippen LogP contribution in [0.3, 0.4) is 0 Å². The number of amides is 1. The van der Waals surface area contributed by atoms with E-state index in [9.17, 15) is 4.79 Å². The van der Waals surface area contributed by atoms with E-state index in [2.05, 4.69) is 53.4 Å². The third-order valence-corrected chi connectivity index (χ3v) is 7.57. The van der Waals surface area contributed by atoms with E-state index < -0.39 is 0 Å². The summed E-state index contributed by atoms with van der Waals surface area (Å²) in [5.41, 5.74) is 3.20. The SMILES string of the molecule is CCN(CC)C(=O)C[C@@H]1CC2(CCN(Cc3nccs3)CC2)c2ccccc21. The van der Waals surface area contributed by atoms with Crippen molar-refractivity contribution >= 4 is 17.2 Å². The molecule has 1 fully saturated rings. The van der Waals surface area contributed by atoms with Gasteiger partial charge in [0.15, 0.2) is 0 Å². The fourth-order valence-electron chi connectivity index (χ4n) is 5.26. The first-order chi connectivity index (χ1) is 13.6. The molecule has 4 nitrogen and oxygen atoms in total. The molecule has 28 heavy (non-hydrogen) atoms. The highest BCUT2D eigenvalue weighted by molar-refractivity contribution is 7.09. The molecule has 1 aliphatic carbocycles. The number of likely N-dealkylation sites (tertiary alicyclic amines) is 1. The van der Waals surface area contributed by atoms with Crippen molar-refractivity contribution in [1.82, 2.24) is 14.8 Å². The number of nitrogens with zero attached hydrogens (tertiary/aromatic N) is 3. The standard InChI is InChI=1S/C23H31N3OS/c1-3-26(4-2)22(27)15-18-16-23(20-8-6-5-7-19(18)20)9-12-25(13-10-23)17-21-24-11-14-28-21/h5-8,11,14,18H,3-4,9-10,12-13,15-17H2,1-2H3/t18-/m1/s1. The minimum atomic E-state index is 0.254. The van der Waals surface area contributed by atoms with Crippen LogP contribution in [0.25, 0.3) is 0 Å². The summed E-state index contributed by atoms with van der Waals surface area (Å²) in [5.74, 6) is 0.679. The van der Waals surface area contributed by atoms with Gasteiger partial charge in [-0.15, -0.1) is 11.3 Å². The summed E-state index contributed by atoms with van der Waals surface area (Å²) >= 11 is 1.75. The summed E-state index contributed by atoms with van der Waals surface area (Å²) in [6, 6.07) is 8.92. The highest BCUT2D eigenvalue weighted by Gasteiger charge is 2.45. The fourth-order valence-corrected chi connectivity index (χ4v) is 5.92. The molecule has 1 spiro atoms. The zero-order chi connectivity index (χ0) is 19.6. The minimum absolute atomic E-state index is 0.254. The van der Waals surface area contributed by atoms with E-state index in [0.717, 1.165) is 39.1 Å². The van der Waals surface area contributed by atoms with E-state index in [1.54, 1.807) is 11.3 Å². The van der Waals surface area contributed by atoms with Crippen molar-refractivity contribution in [2.24, 2.45) is 0 Å². The molecule has 0 saturated carbocycles. The van der Waals surface area contributed by atoms with Gasteiger partial charge in [0.2, 0.25) is 5.91 Å². The van der Waals surface area contributed by atoms with Gasteiger partial charge in [0, 0.05) is 31.1 Å². The van der Waals surface area contributed by atoms with Crippen LogP contribution < -0.4 is 0 Å². The molecule has 0 unspecified atom stereocenters. The van der Waals surface area contributed by atoms with Crippen molar-refractivity contribution in [2.75, 3.05) is 26.2 Å². The second-order valence-corrected chi connectivity index (χ2v) is 9.22. The van der Waals surface area contributed by atoms with Crippen LogP contribution in [-0.4, -0.2) is 46.9 Å². The number of thiazole rings is 1. The number of aromatic nitrogens is 1. The molecule has 4 rings (SSSR count). The molecule has 1 amide bonds. The maximum atomic E-state index is 12.8. The highest BCUT2D eigenvalue weighted by Crippen LogP contribution is 2.52. The van der Waals surface area contributed by atoms with Crippen molar-refractivity contribution in [3.05, 3.63) is 52.0 Å². The third kappa shape index (κ3) is 3.74. The fraction of sp³-hybridized carbons (Fsp3) is 0.565. The van der Waals surface area contributed by atoms with E-state index in [0.29, 0.717) is 18.2 Å². The zero-order valence-electron chi connectivity index (χ0n) is 17.1. The molecular formula is C23H31N3OS. The molecule has 2 heterocycles. The maximum absolute atomic E-state index is 12.8. The molecule has 1 aromatic heterocycles. The van der Waals surface area contributed by atoms with Gasteiger partial charge in [-0.3, -0.25) is 9.69 Å². The summed E-state index contributed by atoms with van der Waals surface area (Å²) in [4.78, 5) is 21.8. The van der Waals surface area contributed by atoms with E-state index in [-0.39, 0.29) is 5.41 Å². The average Bonchev–Trinajstić information content (AvgIpc) is 3.32. The van der Waals surface area contributed by atoms with Crippen LogP contribution in [-0.2, 0) is 16.8 Å². The monoisotopic (exact) mass is 397 g/mol. The van der Waals surface area contributed by atoms with Crippen molar-refractivity contribution in [3.63, 3.8) is 0 Å². The lowest BCUT2D eigenvalue weighted by atomic mass is 9.73. The third-order valence-electron chi connectivity index (χ3n) is 6.80. The number of carbonyl (C=O) groups is 1. The van der Waals surface area contributed by atoms with Gasteiger partial charge in [-0.2, -0.15) is 0 Å². The highest BCUT2D eigenvalue weighted by atomic mass is 32.1. The van der Waals surface area contributed by atoms with E-state index >= 15 is 0 Å². The van der Waals surface area contributed by atoms with Gasteiger partial charge >= 0.3 is 0 Å². The maximum Gasteiger partial charge on any atom is 0.223 e. The predicted molar refractivity (Wildman–Crippen MR) is 115 cm³/mol. The smallest absolute Gasteiger partial charge is 0.223 e. The van der Waals surface area contributed by atoms with Gasteiger partial charge in [-0.25, -0.2) is 4.98 Å². The summed E-state index contributed by atoms with van der Waals surface area (Å²) < 4.78 is 0. The Morgan fingerprint density at radius 3 is 2.68 bits per heavy atom. The molecule has 0 bridgehead atoms. The molecule has 5 heteroatoms. The van der Waals surface area contributed by atoms with Gasteiger partial charge in [-0.05, 0) is 68.7 Å². The summed E-state index contributed by atoms with van der Waals surface area (Å²) in [5, 5.41) is 3.27. The average molecular weight is 398 g/mol. The lowest BCUT2D eigenvalue weighted by Gasteiger charge is -2.40. The molecule has 1 atom stereocenters. The Morgan fingerprint density at radius 2 is 2.00 bits per heavy atom. The van der Waals surface area contributed by atoms with E-state index in [4.69, 9.17) is 0 Å². The Morgan fingerprint density at radius 1 is 1.25 bits per heavy atom. The zero-order valence-corrected chi connectivity index (χ0v) is 17.9. The molecule has 0 radical (unpaired) electrons. The number of carbonyl (C=O) groups excluding carboxylic acids is 1. The van der Waals surface area contributed by atoms with Crippen LogP contribution in [0.15, 0.2) is 35.8 Å². The second-order valence-electron chi connectivity index (χ2n) is 8.24. The first-order valence-corrected chi connectivity index (χ1v) is 11.5. The molecule has 1 saturated heterocycles. The van der Waals surface area contributed by atoms with Crippen LogP contribution in [0, 0.1) is 0 Å². The van der Waals surface area contributed by atoms with Gasteiger partial charge < -0.3 is 4.90 Å². The Kier molecular flexibility index (Phi) is 5.83. The summed E-state index contributed by atoms with van der Waals surface area (Å²) in [7, 11) is 0. The number of fused-ring (bicyclic) bond motifs is 2. The van der Waals surface area contributed by atoms with Gasteiger partial charge in [0.25, 0.3) is 0 Å². The first kappa shape index (κ1) is 19.6. The van der Waals surface area contributed by atoms with Gasteiger partial charge in [0.1, 0.15) is 5.01 Å². The summed E-state index contributed by atoms with van der Waals surface area (Å²) in [6.45, 7) is 8.96. The van der Waals surface area contributed by atoms with E-state index in [1.807, 2.05) is 11.1 Å². The largest absolute Gasteiger partial charge is 0.343 e. The molecule has 1 aromatic carbocycles. The molecule has 2 aromatic rings. The van der Waals surface area contributed by atoms with Crippen LogP contribution in [0.5, 0.6) is 0 Å². The van der Waals surface area contributed by atoms with Crippen LogP contribution in [0.4, 0.5) is 0 Å². The number of hydrogen-bond acceptors (Lipinski definition) is 4. The van der Waals surface area contributed by atoms with Crippen LogP contribution in [0.1, 0.15) is 61.6 Å². The van der Waals surface area contributed by atoms with Crippen LogP contribution in [0.2, 0.25) is 0 Å². The van der Waals surface area contributed by atoms with Gasteiger partial charge in [-0.1, -0.05) is 24.3 Å². The number of piperidine rings is 1. The Bertz CT molecular complexity index is 792. The second kappa shape index (κ2) is 8.34. The van der Waals surface area contributed by atoms with Crippen LogP contribution >= 0.6 is 11.3 Å². The number of benzene rings is 1. The van der Waals surface area contributed by atoms with Crippen molar-refractivity contribution in [3.8, 4) is 0 Å². The Hall–Kier alpha value is -1.72. The Labute approximate surface area is 172 Å². The number of rotatable bonds is 6. The quantitative estimate of drug-likeness (QED) is 0.724. The Balaban J connectivity index is 1.48. The molecular weight excluding hydrogens is 366 g/mol. The lowest BCUT2D eigenvalue weighted by molar-refractivity contribution is -0.131. The van der Waals surface area contributed by atoms with Gasteiger partial charge in [0.05, 0.1) is 6.54 Å². The van der Waals surface area contributed by atoms with Crippen molar-refractivity contribution in [1.29, 1.82) is 0 Å². The predicted octanol–water partition coefficient (Wildman–Crippen LogP) is 4.42. The first-order valence-electron chi connectivity index (χ1n) is 10.6. The number of hydrogen-bond donors (Lipinski definition) is 0. The van der Waals surface area contributed by atoms with E-state index in [1.165, 1.54) is 29.0 Å². The van der Waals surface area contributed by atoms with Crippen molar-refractivity contribution in [2.45, 2.75) is 57.4 Å². The molecule has 2 aliphatic rings. The lowest BCUT2D eigenvalue weighted by Crippen LogP contribution is -2.41. The van der Waals surface area contributed by atoms with Crippen molar-refractivity contribution < 1.29 is 4.79 Å². The molecule has 150 valence electrons. The molecule has 1 aliphatic heterocycles. The summed E-state index contributed by atoms with van der Waals surface area (Å²) in [6.07, 6.45) is 6.06. The topological polar surface area (TPSA) is 36.4 Å². The minimum Gasteiger partial charge on any atom is -0.343 e.